The van der Waals surface area contributed by atoms with E-state index < -0.39 is 38.4 Å². The Kier molecular flexibility index (Phi) is 7.99. The van der Waals surface area contributed by atoms with E-state index in [-0.39, 0.29) is 27.0 Å². The fourth-order valence-electron chi connectivity index (χ4n) is 5.07. The van der Waals surface area contributed by atoms with Crippen molar-refractivity contribution in [3.8, 4) is 11.1 Å². The van der Waals surface area contributed by atoms with Gasteiger partial charge in [0.05, 0.1) is 26.4 Å². The van der Waals surface area contributed by atoms with Crippen molar-refractivity contribution in [3.05, 3.63) is 114 Å². The van der Waals surface area contributed by atoms with Gasteiger partial charge in [0.15, 0.2) is 0 Å². The normalized spacial score (nSPS) is 16.8. The lowest BCUT2D eigenvalue weighted by Crippen LogP contribution is -2.43. The molecular formula is C32H28N4O6S2. The molecule has 0 saturated carbocycles. The lowest BCUT2D eigenvalue weighted by Gasteiger charge is -2.23. The van der Waals surface area contributed by atoms with Gasteiger partial charge < -0.3 is 10.1 Å². The van der Waals surface area contributed by atoms with Crippen molar-refractivity contribution in [1.29, 1.82) is 0 Å². The van der Waals surface area contributed by atoms with Crippen LogP contribution in [0.4, 0.5) is 0 Å². The van der Waals surface area contributed by atoms with Gasteiger partial charge in [-0.2, -0.15) is 9.82 Å². The first-order valence-corrected chi connectivity index (χ1v) is 16.8. The second kappa shape index (κ2) is 11.9. The first kappa shape index (κ1) is 29.6. The Morgan fingerprint density at radius 1 is 0.886 bits per heavy atom. The molecule has 2 aliphatic rings. The molecule has 0 spiro atoms. The van der Waals surface area contributed by atoms with Gasteiger partial charge in [-0.25, -0.2) is 16.8 Å². The SMILES string of the molecule is Cc1ccc(S(=O)(=O)NCC(=O)OC2=NN=C(c3ccc4c(c3)-c3ccccc3S4(=O)=O)CC2NCc2ccccc2)cc1. The molecular weight excluding hydrogens is 601 g/mol. The average Bonchev–Trinajstić information content (AvgIpc) is 3.26. The maximum absolute atomic E-state index is 13.0. The molecule has 44 heavy (non-hydrogen) atoms. The van der Waals surface area contributed by atoms with E-state index in [2.05, 4.69) is 20.2 Å². The first-order valence-electron chi connectivity index (χ1n) is 13.8. The first-order chi connectivity index (χ1) is 21.1. The molecule has 0 aliphatic carbocycles. The molecule has 0 saturated heterocycles. The molecule has 1 atom stereocenters. The summed E-state index contributed by atoms with van der Waals surface area (Å²) < 4.78 is 59.1. The Balaban J connectivity index is 1.24. The number of ether oxygens (including phenoxy) is 1. The molecule has 0 radical (unpaired) electrons. The Bertz CT molecular complexity index is 2020. The van der Waals surface area contributed by atoms with E-state index in [4.69, 9.17) is 4.74 Å². The molecule has 0 bridgehead atoms. The molecule has 0 aromatic heterocycles. The van der Waals surface area contributed by atoms with Gasteiger partial charge in [-0.05, 0) is 48.4 Å². The summed E-state index contributed by atoms with van der Waals surface area (Å²) in [6.45, 7) is 1.68. The van der Waals surface area contributed by atoms with Crippen LogP contribution < -0.4 is 10.0 Å². The minimum absolute atomic E-state index is 0.00158. The third kappa shape index (κ3) is 5.97. The molecule has 6 rings (SSSR count). The number of aryl methyl sites for hydroxylation is 1. The largest absolute Gasteiger partial charge is 0.407 e. The number of rotatable bonds is 8. The molecule has 0 fully saturated rings. The van der Waals surface area contributed by atoms with Crippen LogP contribution in [0, 0.1) is 6.92 Å². The van der Waals surface area contributed by atoms with Crippen LogP contribution in [0.25, 0.3) is 11.1 Å². The van der Waals surface area contributed by atoms with Gasteiger partial charge in [0, 0.05) is 24.1 Å². The van der Waals surface area contributed by atoms with Gasteiger partial charge in [0.25, 0.3) is 0 Å². The monoisotopic (exact) mass is 628 g/mol. The number of nitrogens with zero attached hydrogens (tertiary/aromatic N) is 2. The molecule has 224 valence electrons. The van der Waals surface area contributed by atoms with Crippen LogP contribution in [-0.4, -0.2) is 47.0 Å². The fraction of sp³-hybridized carbons (Fsp3) is 0.156. The molecule has 10 nitrogen and oxygen atoms in total. The summed E-state index contributed by atoms with van der Waals surface area (Å²) in [6.07, 6.45) is 0.279. The maximum Gasteiger partial charge on any atom is 0.327 e. The van der Waals surface area contributed by atoms with Crippen LogP contribution in [0.15, 0.2) is 122 Å². The number of sulfonamides is 1. The van der Waals surface area contributed by atoms with Crippen molar-refractivity contribution in [3.63, 3.8) is 0 Å². The lowest BCUT2D eigenvalue weighted by molar-refractivity contribution is -0.134. The third-order valence-electron chi connectivity index (χ3n) is 7.39. The van der Waals surface area contributed by atoms with Gasteiger partial charge in [0.2, 0.25) is 25.8 Å². The average molecular weight is 629 g/mol. The van der Waals surface area contributed by atoms with Crippen molar-refractivity contribution >= 4 is 37.4 Å². The Hall–Kier alpha value is -4.49. The van der Waals surface area contributed by atoms with Crippen LogP contribution in [-0.2, 0) is 35.9 Å². The van der Waals surface area contributed by atoms with Crippen molar-refractivity contribution in [2.45, 2.75) is 40.6 Å². The van der Waals surface area contributed by atoms with Crippen molar-refractivity contribution in [2.24, 2.45) is 10.2 Å². The smallest absolute Gasteiger partial charge is 0.327 e. The number of nitrogens with one attached hydrogen (secondary N) is 2. The van der Waals surface area contributed by atoms with E-state index >= 15 is 0 Å². The van der Waals surface area contributed by atoms with Gasteiger partial charge in [-0.1, -0.05) is 72.3 Å². The highest BCUT2D eigenvalue weighted by atomic mass is 32.2. The second-order valence-electron chi connectivity index (χ2n) is 10.4. The van der Waals surface area contributed by atoms with Crippen LogP contribution in [0.2, 0.25) is 0 Å². The molecule has 2 aliphatic heterocycles. The quantitative estimate of drug-likeness (QED) is 0.247. The van der Waals surface area contributed by atoms with E-state index in [9.17, 15) is 21.6 Å². The van der Waals surface area contributed by atoms with Gasteiger partial charge in [0.1, 0.15) is 6.54 Å². The summed E-state index contributed by atoms with van der Waals surface area (Å²) in [5.74, 6) is -0.845. The molecule has 4 aromatic rings. The van der Waals surface area contributed by atoms with Crippen molar-refractivity contribution in [1.82, 2.24) is 10.0 Å². The predicted octanol–water partition coefficient (Wildman–Crippen LogP) is 3.99. The Labute approximate surface area is 255 Å². The van der Waals surface area contributed by atoms with E-state index in [1.165, 1.54) is 12.1 Å². The van der Waals surface area contributed by atoms with E-state index in [1.54, 1.807) is 54.6 Å². The van der Waals surface area contributed by atoms with Crippen LogP contribution in [0.3, 0.4) is 0 Å². The summed E-state index contributed by atoms with van der Waals surface area (Å²) in [4.78, 5) is 13.3. The topological polar surface area (TPSA) is 143 Å². The third-order valence-corrected chi connectivity index (χ3v) is 10.7. The Morgan fingerprint density at radius 2 is 1.59 bits per heavy atom. The molecule has 12 heteroatoms. The maximum atomic E-state index is 13.0. The highest BCUT2D eigenvalue weighted by molar-refractivity contribution is 7.92. The summed E-state index contributed by atoms with van der Waals surface area (Å²) in [7, 11) is -7.54. The molecule has 4 aromatic carbocycles. The van der Waals surface area contributed by atoms with Gasteiger partial charge in [-0.15, -0.1) is 5.10 Å². The fourth-order valence-corrected chi connectivity index (χ4v) is 7.70. The standard InChI is InChI=1S/C32H28N4O6S2/c1-21-11-14-24(15-12-21)44(40,41)34-20-31(37)42-32-28(33-19-22-7-3-2-4-8-22)18-27(35-36-32)23-13-16-30-26(17-23)25-9-5-6-10-29(25)43(30,38)39/h2-17,28,33-34H,18-20H2,1H3. The number of carbonyl (C=O) groups is 1. The highest BCUT2D eigenvalue weighted by Crippen LogP contribution is 2.43. The van der Waals surface area contributed by atoms with E-state index in [1.807, 2.05) is 37.3 Å². The summed E-state index contributed by atoms with van der Waals surface area (Å²) in [6, 6.07) is 27.2. The van der Waals surface area contributed by atoms with E-state index in [0.717, 1.165) is 11.1 Å². The zero-order chi connectivity index (χ0) is 30.9. The molecule has 0 amide bonds. The molecule has 2 heterocycles. The van der Waals surface area contributed by atoms with E-state index in [0.29, 0.717) is 28.9 Å². The molecule has 2 N–H and O–H groups in total. The number of benzene rings is 4. The zero-order valence-corrected chi connectivity index (χ0v) is 25.2. The minimum Gasteiger partial charge on any atom is -0.407 e. The van der Waals surface area contributed by atoms with Crippen molar-refractivity contribution in [2.75, 3.05) is 6.54 Å². The second-order valence-corrected chi connectivity index (χ2v) is 14.1. The summed E-state index contributed by atoms with van der Waals surface area (Å²) in [5, 5.41) is 11.9. The Morgan fingerprint density at radius 3 is 2.36 bits per heavy atom. The van der Waals surface area contributed by atoms with Gasteiger partial charge in [-0.3, -0.25) is 4.79 Å². The number of fused-ring (bicyclic) bond motifs is 3. The highest BCUT2D eigenvalue weighted by Gasteiger charge is 2.34. The van der Waals surface area contributed by atoms with Crippen LogP contribution in [0.5, 0.6) is 0 Å². The number of carbonyl (C=O) groups excluding carboxylic acids is 1. The van der Waals surface area contributed by atoms with Crippen molar-refractivity contribution < 1.29 is 26.4 Å². The molecule has 1 unspecified atom stereocenters. The lowest BCUT2D eigenvalue weighted by atomic mass is 9.97. The van der Waals surface area contributed by atoms with Crippen LogP contribution in [0.1, 0.15) is 23.1 Å². The van der Waals surface area contributed by atoms with Crippen LogP contribution >= 0.6 is 0 Å². The van der Waals surface area contributed by atoms with Gasteiger partial charge >= 0.3 is 5.97 Å². The number of hydrogen-bond acceptors (Lipinski definition) is 9. The number of hydrogen-bond donors (Lipinski definition) is 2. The number of esters is 1. The summed E-state index contributed by atoms with van der Waals surface area (Å²) in [5.41, 5.74) is 4.37. The summed E-state index contributed by atoms with van der Waals surface area (Å²) >= 11 is 0. The minimum atomic E-state index is -3.93. The number of sulfone groups is 1. The predicted molar refractivity (Wildman–Crippen MR) is 165 cm³/mol. The zero-order valence-electron chi connectivity index (χ0n) is 23.6.